The highest BCUT2D eigenvalue weighted by molar-refractivity contribution is 5.94. The van der Waals surface area contributed by atoms with E-state index in [1.54, 1.807) is 19.3 Å². The van der Waals surface area contributed by atoms with Crippen LogP contribution in [-0.2, 0) is 19.7 Å². The largest absolute Gasteiger partial charge is 0.496 e. The van der Waals surface area contributed by atoms with Crippen molar-refractivity contribution in [2.75, 3.05) is 34.1 Å². The van der Waals surface area contributed by atoms with Gasteiger partial charge in [0.15, 0.2) is 11.5 Å². The van der Waals surface area contributed by atoms with Crippen molar-refractivity contribution in [1.82, 2.24) is 4.90 Å². The van der Waals surface area contributed by atoms with Gasteiger partial charge in [0.1, 0.15) is 5.75 Å². The molecular weight excluding hydrogens is 506 g/mol. The molecule has 2 fully saturated rings. The minimum atomic E-state index is -0.855. The van der Waals surface area contributed by atoms with Crippen LogP contribution in [0.25, 0.3) is 6.08 Å². The number of carbonyl (C=O) groups is 2. The molecule has 2 heterocycles. The third-order valence-electron chi connectivity index (χ3n) is 9.65. The first-order chi connectivity index (χ1) is 19.5. The molecule has 1 saturated carbocycles. The zero-order valence-corrected chi connectivity index (χ0v) is 22.6. The monoisotopic (exact) mass is 537 g/mol. The van der Waals surface area contributed by atoms with Gasteiger partial charge in [-0.1, -0.05) is 48.5 Å². The Morgan fingerprint density at radius 1 is 1.00 bits per heavy atom. The van der Waals surface area contributed by atoms with Crippen molar-refractivity contribution in [2.24, 2.45) is 11.3 Å². The number of methoxy groups -OCH3 is 2. The van der Waals surface area contributed by atoms with Crippen LogP contribution in [0.5, 0.6) is 17.2 Å². The average Bonchev–Trinajstić information content (AvgIpc) is 3.66. The first-order valence-corrected chi connectivity index (χ1v) is 13.7. The fraction of sp³-hybridized carbons (Fsp3) is 0.333. The van der Waals surface area contributed by atoms with E-state index >= 15 is 0 Å². The Hall–Kier alpha value is -4.26. The van der Waals surface area contributed by atoms with Gasteiger partial charge in [0.25, 0.3) is 0 Å². The molecule has 204 valence electrons. The Morgan fingerprint density at radius 2 is 1.80 bits per heavy atom. The zero-order valence-electron chi connectivity index (χ0n) is 22.6. The molecule has 0 aromatic heterocycles. The molecule has 3 aromatic rings. The van der Waals surface area contributed by atoms with Gasteiger partial charge in [-0.15, -0.1) is 0 Å². The number of likely N-dealkylation sites (tertiary alicyclic amines) is 1. The lowest BCUT2D eigenvalue weighted by Crippen LogP contribution is -2.60. The lowest BCUT2D eigenvalue weighted by atomic mass is 9.42. The number of hydrogen-bond donors (Lipinski definition) is 0. The maximum atomic E-state index is 13.9. The number of hydrogen-bond acceptors (Lipinski definition) is 6. The van der Waals surface area contributed by atoms with E-state index in [4.69, 9.17) is 18.9 Å². The summed E-state index contributed by atoms with van der Waals surface area (Å²) in [5, 5.41) is 0. The second-order valence-corrected chi connectivity index (χ2v) is 11.1. The zero-order chi connectivity index (χ0) is 27.5. The van der Waals surface area contributed by atoms with Crippen LogP contribution in [0, 0.1) is 11.3 Å². The van der Waals surface area contributed by atoms with E-state index in [1.807, 2.05) is 41.3 Å². The molecule has 7 nitrogen and oxygen atoms in total. The molecule has 40 heavy (non-hydrogen) atoms. The van der Waals surface area contributed by atoms with Crippen LogP contribution in [0.2, 0.25) is 0 Å². The van der Waals surface area contributed by atoms with Crippen molar-refractivity contribution in [3.05, 3.63) is 95.1 Å². The summed E-state index contributed by atoms with van der Waals surface area (Å²) < 4.78 is 22.4. The average molecular weight is 538 g/mol. The van der Waals surface area contributed by atoms with E-state index in [1.165, 1.54) is 18.2 Å². The predicted octanol–water partition coefficient (Wildman–Crippen LogP) is 4.93. The number of nitrogens with zero attached hydrogens (tertiary/aromatic N) is 1. The Balaban J connectivity index is 1.35. The van der Waals surface area contributed by atoms with Gasteiger partial charge in [-0.25, -0.2) is 0 Å². The van der Waals surface area contributed by atoms with Gasteiger partial charge in [-0.3, -0.25) is 9.59 Å². The number of para-hydroxylation sites is 1. The molecule has 8 rings (SSSR count). The number of ether oxygens (including phenoxy) is 4. The summed E-state index contributed by atoms with van der Waals surface area (Å²) in [6, 6.07) is 22.2. The van der Waals surface area contributed by atoms with Crippen molar-refractivity contribution in [2.45, 2.75) is 24.2 Å². The molecule has 7 heteroatoms. The fourth-order valence-electron chi connectivity index (χ4n) is 8.04. The number of amides is 1. The molecule has 3 aliphatic carbocycles. The smallest absolute Gasteiger partial charge is 0.314 e. The van der Waals surface area contributed by atoms with Crippen molar-refractivity contribution in [3.63, 3.8) is 0 Å². The predicted molar refractivity (Wildman–Crippen MR) is 148 cm³/mol. The summed E-state index contributed by atoms with van der Waals surface area (Å²) in [6.45, 7) is 0.953. The molecule has 0 spiro atoms. The van der Waals surface area contributed by atoms with E-state index in [2.05, 4.69) is 30.3 Å². The molecule has 2 aliphatic heterocycles. The third kappa shape index (κ3) is 3.30. The van der Waals surface area contributed by atoms with Gasteiger partial charge < -0.3 is 23.8 Å². The van der Waals surface area contributed by atoms with Gasteiger partial charge in [0, 0.05) is 42.0 Å². The molecule has 0 unspecified atom stereocenters. The second-order valence-electron chi connectivity index (χ2n) is 11.1. The van der Waals surface area contributed by atoms with Crippen molar-refractivity contribution < 1.29 is 28.5 Å². The van der Waals surface area contributed by atoms with Gasteiger partial charge in [0.05, 0.1) is 19.6 Å². The maximum Gasteiger partial charge on any atom is 0.314 e. The number of fused-ring (bicyclic) bond motifs is 2. The Morgan fingerprint density at radius 3 is 2.65 bits per heavy atom. The van der Waals surface area contributed by atoms with Gasteiger partial charge >= 0.3 is 5.97 Å². The fourth-order valence-corrected chi connectivity index (χ4v) is 8.04. The molecule has 2 bridgehead atoms. The van der Waals surface area contributed by atoms with Crippen molar-refractivity contribution in [3.8, 4) is 17.2 Å². The summed E-state index contributed by atoms with van der Waals surface area (Å²) in [7, 11) is 3.07. The highest BCUT2D eigenvalue weighted by atomic mass is 16.7. The second kappa shape index (κ2) is 9.15. The van der Waals surface area contributed by atoms with Gasteiger partial charge in [0.2, 0.25) is 12.7 Å². The maximum absolute atomic E-state index is 13.9. The van der Waals surface area contributed by atoms with E-state index in [9.17, 15) is 9.59 Å². The number of esters is 1. The number of rotatable bonds is 5. The van der Waals surface area contributed by atoms with Gasteiger partial charge in [-0.05, 0) is 53.8 Å². The third-order valence-corrected chi connectivity index (χ3v) is 9.65. The highest BCUT2D eigenvalue weighted by Gasteiger charge is 2.71. The van der Waals surface area contributed by atoms with E-state index < -0.39 is 10.8 Å². The number of carbonyl (C=O) groups excluding carboxylic acids is 2. The summed E-state index contributed by atoms with van der Waals surface area (Å²) in [5.74, 6) is 1.56. The Bertz CT molecular complexity index is 1550. The van der Waals surface area contributed by atoms with Gasteiger partial charge in [-0.2, -0.15) is 0 Å². The van der Waals surface area contributed by atoms with Crippen LogP contribution in [0.3, 0.4) is 0 Å². The minimum absolute atomic E-state index is 0.0342. The standard InChI is InChI=1S/C33H31NO6/c1-37-26-10-6-3-7-21(26)11-14-30(35)34-18-29-32(22-12-13-27-28(17-22)40-20-39-27)16-15-25(23-8-4-5-9-24(23)32)33(29,19-34)31(36)38-2/h3-14,17,25,29H,15-16,18-20H2,1-2H3/b14-11+/t25-,29-,32-,33-/m0/s1. The SMILES string of the molecule is COC(=O)[C@]12CN(C(=O)/C=C/c3ccccc3OC)C[C@H]1[C@]1(c3ccc4c(c3)OCO4)CC[C@H]2c2ccccc21. The molecule has 0 N–H and O–H groups in total. The van der Waals surface area contributed by atoms with Crippen LogP contribution in [-0.4, -0.2) is 50.9 Å². The van der Waals surface area contributed by atoms with Crippen molar-refractivity contribution >= 4 is 18.0 Å². The first-order valence-electron chi connectivity index (χ1n) is 13.7. The van der Waals surface area contributed by atoms with E-state index in [0.29, 0.717) is 24.6 Å². The van der Waals surface area contributed by atoms with E-state index in [0.717, 1.165) is 29.7 Å². The Labute approximate surface area is 233 Å². The van der Waals surface area contributed by atoms with Crippen LogP contribution in [0.4, 0.5) is 0 Å². The lowest BCUT2D eigenvalue weighted by molar-refractivity contribution is -0.161. The molecule has 5 aliphatic rings. The van der Waals surface area contributed by atoms with E-state index in [-0.39, 0.29) is 30.5 Å². The minimum Gasteiger partial charge on any atom is -0.496 e. The van der Waals surface area contributed by atoms with Crippen LogP contribution in [0.15, 0.2) is 72.8 Å². The topological polar surface area (TPSA) is 74.3 Å². The number of benzene rings is 3. The molecule has 1 amide bonds. The van der Waals surface area contributed by atoms with Crippen LogP contribution >= 0.6 is 0 Å². The van der Waals surface area contributed by atoms with Crippen LogP contribution in [0.1, 0.15) is 41.0 Å². The quantitative estimate of drug-likeness (QED) is 0.339. The summed E-state index contributed by atoms with van der Waals surface area (Å²) in [4.78, 5) is 29.5. The summed E-state index contributed by atoms with van der Waals surface area (Å²) in [6.07, 6.45) is 5.07. The lowest BCUT2D eigenvalue weighted by Gasteiger charge is -2.59. The molecule has 4 atom stereocenters. The molecule has 3 aromatic carbocycles. The van der Waals surface area contributed by atoms with Crippen LogP contribution < -0.4 is 14.2 Å². The molecular formula is C33H31NO6. The Kier molecular flexibility index (Phi) is 5.66. The molecule has 0 radical (unpaired) electrons. The first kappa shape index (κ1) is 24.8. The van der Waals surface area contributed by atoms with Crippen molar-refractivity contribution in [1.29, 1.82) is 0 Å². The summed E-state index contributed by atoms with van der Waals surface area (Å²) in [5.41, 5.74) is 2.97. The molecule has 1 saturated heterocycles. The normalized spacial score (nSPS) is 27.4. The summed E-state index contributed by atoms with van der Waals surface area (Å²) >= 11 is 0. The highest BCUT2D eigenvalue weighted by Crippen LogP contribution is 2.69.